The van der Waals surface area contributed by atoms with Crippen LogP contribution < -0.4 is 9.30 Å². The molecule has 1 aliphatic heterocycles. The molecule has 0 radical (unpaired) electrons. The van der Waals surface area contributed by atoms with Gasteiger partial charge in [0.2, 0.25) is 0 Å². The molecule has 8 rings (SSSR count). The molecule has 0 saturated heterocycles. The molecule has 1 aliphatic rings. The third kappa shape index (κ3) is 3.10. The first-order chi connectivity index (χ1) is 18.9. The Morgan fingerprint density at radius 3 is 2.26 bits per heavy atom. The number of aromatic nitrogens is 3. The van der Waals surface area contributed by atoms with Gasteiger partial charge in [0, 0.05) is 17.3 Å². The summed E-state index contributed by atoms with van der Waals surface area (Å²) in [5.41, 5.74) is 7.89. The lowest BCUT2D eigenvalue weighted by Crippen LogP contribution is -2.40. The van der Waals surface area contributed by atoms with Crippen molar-refractivity contribution in [2.75, 3.05) is 6.61 Å². The fraction of sp³-hybridized carbons (Fsp3) is 0.0588. The van der Waals surface area contributed by atoms with Gasteiger partial charge >= 0.3 is 0 Å². The lowest BCUT2D eigenvalue weighted by Gasteiger charge is -2.17. The Morgan fingerprint density at radius 2 is 1.37 bits per heavy atom. The molecule has 4 heteroatoms. The van der Waals surface area contributed by atoms with Gasteiger partial charge < -0.3 is 4.74 Å². The van der Waals surface area contributed by atoms with E-state index >= 15 is 0 Å². The van der Waals surface area contributed by atoms with Crippen molar-refractivity contribution < 1.29 is 9.30 Å². The molecule has 7 aromatic rings. The van der Waals surface area contributed by atoms with Crippen molar-refractivity contribution in [3.8, 4) is 34.0 Å². The molecule has 0 N–H and O–H groups in total. The number of ether oxygens (including phenoxy) is 1. The molecule has 0 saturated carbocycles. The molecule has 0 spiro atoms. The van der Waals surface area contributed by atoms with E-state index in [-0.39, 0.29) is 0 Å². The van der Waals surface area contributed by atoms with E-state index < -0.39 is 0 Å². The number of hydrogen-bond acceptors (Lipinski definition) is 2. The van der Waals surface area contributed by atoms with E-state index in [1.54, 1.807) is 0 Å². The number of fused-ring (bicyclic) bond motifs is 2. The van der Waals surface area contributed by atoms with Gasteiger partial charge in [-0.3, -0.25) is 4.57 Å². The SMILES string of the molecule is c1ccc(-n2c(-c3cccc4c(-c5ccc6c7c5ccc[n+]7CCO6)cccc34)nc3ccccc32)cc1. The smallest absolute Gasteiger partial charge is 0.255 e. The molecule has 4 nitrogen and oxygen atoms in total. The lowest BCUT2D eigenvalue weighted by molar-refractivity contribution is -0.676. The van der Waals surface area contributed by atoms with Gasteiger partial charge in [-0.05, 0) is 64.4 Å². The number of pyridine rings is 1. The Balaban J connectivity index is 1.41. The van der Waals surface area contributed by atoms with Gasteiger partial charge in [-0.15, -0.1) is 0 Å². The fourth-order valence-corrected chi connectivity index (χ4v) is 5.95. The molecule has 0 amide bonds. The van der Waals surface area contributed by atoms with Crippen LogP contribution in [0.2, 0.25) is 0 Å². The molecule has 0 atom stereocenters. The molecular weight excluding hydrogens is 466 g/mol. The van der Waals surface area contributed by atoms with Crippen LogP contribution >= 0.6 is 0 Å². The van der Waals surface area contributed by atoms with E-state index in [0.717, 1.165) is 45.9 Å². The Hall–Kier alpha value is -4.96. The molecular formula is C34H24N3O+. The summed E-state index contributed by atoms with van der Waals surface area (Å²) in [4.78, 5) is 5.15. The Bertz CT molecular complexity index is 2000. The second-order valence-electron chi connectivity index (χ2n) is 9.72. The standard InChI is InChI=1S/C34H24N3O/c1-2-9-23(10-3-1)37-31-17-5-4-16-30(31)35-34(37)29-14-7-12-24-25(11-6-13-26(24)29)27-18-19-32-33-28(27)15-8-20-36(33)21-22-38-32/h1-20H,21-22H2/q+1. The minimum absolute atomic E-state index is 0.705. The van der Waals surface area contributed by atoms with Crippen LogP contribution in [0.3, 0.4) is 0 Å². The van der Waals surface area contributed by atoms with E-state index in [4.69, 9.17) is 9.72 Å². The predicted molar refractivity (Wildman–Crippen MR) is 153 cm³/mol. The quantitative estimate of drug-likeness (QED) is 0.243. The van der Waals surface area contributed by atoms with E-state index in [9.17, 15) is 0 Å². The normalized spacial score (nSPS) is 12.7. The zero-order chi connectivity index (χ0) is 25.1. The van der Waals surface area contributed by atoms with Gasteiger partial charge in [0.05, 0.1) is 16.4 Å². The van der Waals surface area contributed by atoms with Crippen molar-refractivity contribution in [3.05, 3.63) is 121 Å². The molecule has 2 aromatic heterocycles. The first kappa shape index (κ1) is 21.2. The topological polar surface area (TPSA) is 30.9 Å². The van der Waals surface area contributed by atoms with Gasteiger partial charge in [0.25, 0.3) is 5.52 Å². The van der Waals surface area contributed by atoms with Crippen LogP contribution in [0.1, 0.15) is 0 Å². The van der Waals surface area contributed by atoms with Crippen molar-refractivity contribution in [2.24, 2.45) is 0 Å². The predicted octanol–water partition coefficient (Wildman–Crippen LogP) is 7.35. The Labute approximate surface area is 220 Å². The maximum atomic E-state index is 6.00. The maximum Gasteiger partial charge on any atom is 0.255 e. The first-order valence-corrected chi connectivity index (χ1v) is 13.0. The highest BCUT2D eigenvalue weighted by Crippen LogP contribution is 2.40. The van der Waals surface area contributed by atoms with Crippen LogP contribution in [0.5, 0.6) is 5.75 Å². The van der Waals surface area contributed by atoms with Crippen molar-refractivity contribution >= 4 is 32.7 Å². The van der Waals surface area contributed by atoms with Crippen molar-refractivity contribution in [2.45, 2.75) is 6.54 Å². The van der Waals surface area contributed by atoms with Gasteiger partial charge in [-0.25, -0.2) is 4.98 Å². The van der Waals surface area contributed by atoms with E-state index in [2.05, 4.69) is 131 Å². The van der Waals surface area contributed by atoms with Crippen molar-refractivity contribution in [3.63, 3.8) is 0 Å². The highest BCUT2D eigenvalue weighted by atomic mass is 16.5. The number of nitrogens with zero attached hydrogens (tertiary/aromatic N) is 3. The summed E-state index contributed by atoms with van der Waals surface area (Å²) in [6.07, 6.45) is 2.15. The average molecular weight is 491 g/mol. The lowest BCUT2D eigenvalue weighted by atomic mass is 9.93. The van der Waals surface area contributed by atoms with Crippen LogP contribution in [0.15, 0.2) is 121 Å². The number of imidazole rings is 1. The molecule has 38 heavy (non-hydrogen) atoms. The first-order valence-electron chi connectivity index (χ1n) is 13.0. The van der Waals surface area contributed by atoms with Crippen LogP contribution in [0.25, 0.3) is 60.9 Å². The molecule has 5 aromatic carbocycles. The summed E-state index contributed by atoms with van der Waals surface area (Å²) in [7, 11) is 0. The summed E-state index contributed by atoms with van der Waals surface area (Å²) < 4.78 is 10.6. The van der Waals surface area contributed by atoms with E-state index in [0.29, 0.717) is 6.61 Å². The number of benzene rings is 5. The molecule has 3 heterocycles. The molecule has 0 fully saturated rings. The van der Waals surface area contributed by atoms with Gasteiger partial charge in [0.1, 0.15) is 12.4 Å². The average Bonchev–Trinajstić information content (AvgIpc) is 3.37. The zero-order valence-corrected chi connectivity index (χ0v) is 20.7. The number of para-hydroxylation sites is 3. The third-order valence-corrected chi connectivity index (χ3v) is 7.61. The van der Waals surface area contributed by atoms with Gasteiger partial charge in [-0.1, -0.05) is 66.7 Å². The number of rotatable bonds is 3. The van der Waals surface area contributed by atoms with Crippen molar-refractivity contribution in [1.29, 1.82) is 0 Å². The van der Waals surface area contributed by atoms with Gasteiger partial charge in [-0.2, -0.15) is 4.57 Å². The third-order valence-electron chi connectivity index (χ3n) is 7.61. The van der Waals surface area contributed by atoms with Gasteiger partial charge in [0.15, 0.2) is 18.5 Å². The van der Waals surface area contributed by atoms with Crippen molar-refractivity contribution in [1.82, 2.24) is 9.55 Å². The number of hydrogen-bond donors (Lipinski definition) is 0. The zero-order valence-electron chi connectivity index (χ0n) is 20.7. The van der Waals surface area contributed by atoms with Crippen LogP contribution in [0, 0.1) is 0 Å². The van der Waals surface area contributed by atoms with E-state index in [1.165, 1.54) is 27.3 Å². The maximum absolute atomic E-state index is 6.00. The summed E-state index contributed by atoms with van der Waals surface area (Å²) in [6, 6.07) is 40.7. The molecule has 180 valence electrons. The summed E-state index contributed by atoms with van der Waals surface area (Å²) >= 11 is 0. The molecule has 0 aliphatic carbocycles. The molecule has 0 bridgehead atoms. The minimum Gasteiger partial charge on any atom is -0.480 e. The summed E-state index contributed by atoms with van der Waals surface area (Å²) in [5, 5.41) is 3.60. The van der Waals surface area contributed by atoms with E-state index in [1.807, 2.05) is 0 Å². The Kier molecular flexibility index (Phi) is 4.61. The highest BCUT2D eigenvalue weighted by molar-refractivity contribution is 6.09. The van der Waals surface area contributed by atoms with Crippen LogP contribution in [-0.4, -0.2) is 16.2 Å². The highest BCUT2D eigenvalue weighted by Gasteiger charge is 2.23. The van der Waals surface area contributed by atoms with Crippen LogP contribution in [0.4, 0.5) is 0 Å². The second-order valence-corrected chi connectivity index (χ2v) is 9.72. The summed E-state index contributed by atoms with van der Waals surface area (Å²) in [5.74, 6) is 1.90. The fourth-order valence-electron chi connectivity index (χ4n) is 5.95. The largest absolute Gasteiger partial charge is 0.480 e. The van der Waals surface area contributed by atoms with Crippen LogP contribution in [-0.2, 0) is 6.54 Å². The second kappa shape index (κ2) is 8.29. The summed E-state index contributed by atoms with van der Waals surface area (Å²) in [6.45, 7) is 1.57. The molecule has 0 unspecified atom stereocenters. The monoisotopic (exact) mass is 490 g/mol. The minimum atomic E-state index is 0.705. The Morgan fingerprint density at radius 1 is 0.632 bits per heavy atom.